The molecule has 1 unspecified atom stereocenters. The van der Waals surface area contributed by atoms with Crippen LogP contribution in [0.25, 0.3) is 0 Å². The van der Waals surface area contributed by atoms with Gasteiger partial charge in [-0.3, -0.25) is 4.90 Å². The van der Waals surface area contributed by atoms with E-state index in [0.29, 0.717) is 11.3 Å². The Morgan fingerprint density at radius 3 is 2.21 bits per heavy atom. The Labute approximate surface area is 193 Å². The van der Waals surface area contributed by atoms with Gasteiger partial charge in [-0.25, -0.2) is 9.59 Å². The Balaban J connectivity index is 2.39. The zero-order valence-corrected chi connectivity index (χ0v) is 19.2. The second-order valence-corrected chi connectivity index (χ2v) is 7.70. The number of carbonyl (C=O) groups excluding carboxylic acids is 2. The molecule has 0 aromatic heterocycles. The molecule has 3 rings (SSSR count). The molecule has 33 heavy (non-hydrogen) atoms. The molecule has 170 valence electrons. The molecule has 1 aliphatic heterocycles. The number of nitriles is 1. The van der Waals surface area contributed by atoms with Crippen molar-refractivity contribution in [2.24, 2.45) is 5.73 Å². The van der Waals surface area contributed by atoms with Crippen LogP contribution in [0.15, 0.2) is 71.2 Å². The standard InChI is InChI=1S/C25H26N4O4/c1-15-13-17(11-12-19(15)28(2)3)29-22(25(31)33-5)21(24(30)32-4)20(18(14-26)23(29)27)16-9-7-6-8-10-16/h6-13,20H,27H2,1-5H3. The van der Waals surface area contributed by atoms with E-state index >= 15 is 0 Å². The lowest BCUT2D eigenvalue weighted by Crippen LogP contribution is -2.40. The smallest absolute Gasteiger partial charge is 0.355 e. The zero-order chi connectivity index (χ0) is 24.3. The van der Waals surface area contributed by atoms with Gasteiger partial charge in [0.15, 0.2) is 0 Å². The quantitative estimate of drug-likeness (QED) is 0.699. The van der Waals surface area contributed by atoms with Gasteiger partial charge in [0.05, 0.1) is 37.4 Å². The van der Waals surface area contributed by atoms with E-state index in [-0.39, 0.29) is 22.7 Å². The molecule has 0 bridgehead atoms. The molecule has 1 aliphatic rings. The van der Waals surface area contributed by atoms with Crippen LogP contribution in [0.3, 0.4) is 0 Å². The van der Waals surface area contributed by atoms with E-state index in [2.05, 4.69) is 6.07 Å². The van der Waals surface area contributed by atoms with Gasteiger partial charge in [-0.2, -0.15) is 5.26 Å². The fourth-order valence-corrected chi connectivity index (χ4v) is 4.06. The van der Waals surface area contributed by atoms with E-state index in [1.54, 1.807) is 30.3 Å². The van der Waals surface area contributed by atoms with Crippen molar-refractivity contribution in [1.82, 2.24) is 0 Å². The number of ether oxygens (including phenoxy) is 2. The number of anilines is 2. The van der Waals surface area contributed by atoms with Crippen LogP contribution >= 0.6 is 0 Å². The Kier molecular flexibility index (Phi) is 6.73. The van der Waals surface area contributed by atoms with E-state index in [1.165, 1.54) is 19.1 Å². The predicted molar refractivity (Wildman–Crippen MR) is 125 cm³/mol. The summed E-state index contributed by atoms with van der Waals surface area (Å²) >= 11 is 0. The first-order chi connectivity index (χ1) is 15.8. The number of methoxy groups -OCH3 is 2. The van der Waals surface area contributed by atoms with Gasteiger partial charge < -0.3 is 20.1 Å². The summed E-state index contributed by atoms with van der Waals surface area (Å²) in [6.45, 7) is 1.92. The molecule has 0 spiro atoms. The predicted octanol–water partition coefficient (Wildman–Crippen LogP) is 2.96. The number of nitrogens with two attached hydrogens (primary N) is 1. The summed E-state index contributed by atoms with van der Waals surface area (Å²) in [5.74, 6) is -2.38. The van der Waals surface area contributed by atoms with Crippen molar-refractivity contribution in [1.29, 1.82) is 5.26 Å². The van der Waals surface area contributed by atoms with Crippen molar-refractivity contribution in [2.45, 2.75) is 12.8 Å². The van der Waals surface area contributed by atoms with Crippen LogP contribution in [-0.2, 0) is 19.1 Å². The fourth-order valence-electron chi connectivity index (χ4n) is 4.06. The van der Waals surface area contributed by atoms with Crippen molar-refractivity contribution in [3.8, 4) is 6.07 Å². The molecular formula is C25H26N4O4. The molecule has 0 amide bonds. The molecule has 1 heterocycles. The highest BCUT2D eigenvalue weighted by atomic mass is 16.5. The van der Waals surface area contributed by atoms with E-state index < -0.39 is 17.9 Å². The SMILES string of the molecule is COC(=O)C1=C(C(=O)OC)N(c2ccc(N(C)C)c(C)c2)C(N)=C(C#N)C1c1ccccc1. The lowest BCUT2D eigenvalue weighted by Gasteiger charge is -2.36. The minimum absolute atomic E-state index is 0.0179. The minimum Gasteiger partial charge on any atom is -0.466 e. The third-order valence-electron chi connectivity index (χ3n) is 5.53. The number of esters is 2. The highest BCUT2D eigenvalue weighted by Gasteiger charge is 2.43. The van der Waals surface area contributed by atoms with Crippen LogP contribution in [0.4, 0.5) is 11.4 Å². The van der Waals surface area contributed by atoms with Crippen LogP contribution in [0.2, 0.25) is 0 Å². The molecule has 8 heteroatoms. The number of carbonyl (C=O) groups is 2. The monoisotopic (exact) mass is 446 g/mol. The molecule has 0 saturated heterocycles. The van der Waals surface area contributed by atoms with E-state index in [4.69, 9.17) is 15.2 Å². The van der Waals surface area contributed by atoms with Crippen LogP contribution in [0.5, 0.6) is 0 Å². The topological polar surface area (TPSA) is 109 Å². The number of nitrogens with zero attached hydrogens (tertiary/aromatic N) is 3. The molecule has 2 aromatic rings. The summed E-state index contributed by atoms with van der Waals surface area (Å²) < 4.78 is 10.1. The molecule has 0 fully saturated rings. The van der Waals surface area contributed by atoms with Gasteiger partial charge in [-0.15, -0.1) is 0 Å². The maximum absolute atomic E-state index is 13.1. The summed E-state index contributed by atoms with van der Waals surface area (Å²) in [7, 11) is 6.29. The minimum atomic E-state index is -0.892. The number of hydrogen-bond donors (Lipinski definition) is 1. The Hall–Kier alpha value is -4.25. The highest BCUT2D eigenvalue weighted by molar-refractivity contribution is 6.06. The largest absolute Gasteiger partial charge is 0.466 e. The van der Waals surface area contributed by atoms with E-state index in [0.717, 1.165) is 11.3 Å². The van der Waals surface area contributed by atoms with Crippen molar-refractivity contribution in [3.05, 3.63) is 82.3 Å². The van der Waals surface area contributed by atoms with Crippen molar-refractivity contribution < 1.29 is 19.1 Å². The third-order valence-corrected chi connectivity index (χ3v) is 5.53. The Morgan fingerprint density at radius 1 is 1.06 bits per heavy atom. The number of hydrogen-bond acceptors (Lipinski definition) is 8. The van der Waals surface area contributed by atoms with Crippen LogP contribution < -0.4 is 15.5 Å². The normalized spacial score (nSPS) is 15.8. The van der Waals surface area contributed by atoms with Crippen molar-refractivity contribution in [3.63, 3.8) is 0 Å². The second kappa shape index (κ2) is 9.49. The fraction of sp³-hybridized carbons (Fsp3) is 0.240. The summed E-state index contributed by atoms with van der Waals surface area (Å²) in [5, 5.41) is 10.1. The number of benzene rings is 2. The number of allylic oxidation sites excluding steroid dienone is 1. The molecular weight excluding hydrogens is 420 g/mol. The second-order valence-electron chi connectivity index (χ2n) is 7.70. The lowest BCUT2D eigenvalue weighted by atomic mass is 9.81. The van der Waals surface area contributed by atoms with Gasteiger partial charge in [-0.05, 0) is 36.2 Å². The Bertz CT molecular complexity index is 1190. The molecule has 0 aliphatic carbocycles. The summed E-state index contributed by atoms with van der Waals surface area (Å²) in [6, 6.07) is 16.5. The maximum Gasteiger partial charge on any atom is 0.355 e. The van der Waals surface area contributed by atoms with Crippen LogP contribution in [0.1, 0.15) is 17.0 Å². The lowest BCUT2D eigenvalue weighted by molar-refractivity contribution is -0.139. The number of aryl methyl sites for hydroxylation is 1. The number of rotatable bonds is 5. The van der Waals surface area contributed by atoms with Gasteiger partial charge in [0.2, 0.25) is 0 Å². The van der Waals surface area contributed by atoms with Crippen LogP contribution in [0, 0.1) is 18.3 Å². The molecule has 0 radical (unpaired) electrons. The zero-order valence-electron chi connectivity index (χ0n) is 19.2. The summed E-state index contributed by atoms with van der Waals surface area (Å²) in [4.78, 5) is 29.5. The van der Waals surface area contributed by atoms with Gasteiger partial charge in [0.1, 0.15) is 11.5 Å². The van der Waals surface area contributed by atoms with Crippen molar-refractivity contribution in [2.75, 3.05) is 38.1 Å². The molecule has 8 nitrogen and oxygen atoms in total. The van der Waals surface area contributed by atoms with E-state index in [1.807, 2.05) is 44.1 Å². The first-order valence-corrected chi connectivity index (χ1v) is 10.2. The first kappa shape index (κ1) is 23.4. The Morgan fingerprint density at radius 2 is 1.70 bits per heavy atom. The van der Waals surface area contributed by atoms with Crippen LogP contribution in [-0.4, -0.2) is 40.3 Å². The highest BCUT2D eigenvalue weighted by Crippen LogP contribution is 2.43. The average molecular weight is 447 g/mol. The average Bonchev–Trinajstić information content (AvgIpc) is 2.82. The summed E-state index contributed by atoms with van der Waals surface area (Å²) in [6.07, 6.45) is 0. The van der Waals surface area contributed by atoms with E-state index in [9.17, 15) is 14.9 Å². The molecule has 0 saturated carbocycles. The maximum atomic E-state index is 13.1. The van der Waals surface area contributed by atoms with Crippen molar-refractivity contribution >= 4 is 23.3 Å². The van der Waals surface area contributed by atoms with Gasteiger partial charge >= 0.3 is 11.9 Å². The molecule has 2 N–H and O–H groups in total. The summed E-state index contributed by atoms with van der Waals surface area (Å²) in [5.41, 5.74) is 9.54. The first-order valence-electron chi connectivity index (χ1n) is 10.2. The molecule has 1 atom stereocenters. The third kappa shape index (κ3) is 4.13. The molecule has 2 aromatic carbocycles. The van der Waals surface area contributed by atoms with Gasteiger partial charge in [0.25, 0.3) is 0 Å². The van der Waals surface area contributed by atoms with Gasteiger partial charge in [-0.1, -0.05) is 30.3 Å². The van der Waals surface area contributed by atoms with Gasteiger partial charge in [0, 0.05) is 25.5 Å².